The molecule has 7 aromatic carbocycles. The molecule has 0 radical (unpaired) electrons. The highest BCUT2D eigenvalue weighted by Crippen LogP contribution is 2.54. The molecule has 0 heterocycles. The first-order chi connectivity index (χ1) is 19.3. The summed E-state index contributed by atoms with van der Waals surface area (Å²) in [5.41, 5.74) is 16.9. The molecule has 10 rings (SSSR count). The Morgan fingerprint density at radius 1 is 0.308 bits per heavy atom. The second-order valence-corrected chi connectivity index (χ2v) is 11.6. The van der Waals surface area contributed by atoms with Gasteiger partial charge in [-0.25, -0.2) is 0 Å². The summed E-state index contributed by atoms with van der Waals surface area (Å²) in [7, 11) is 0. The van der Waals surface area contributed by atoms with Crippen LogP contribution in [0.2, 0.25) is 0 Å². The predicted molar refractivity (Wildman–Crippen MR) is 164 cm³/mol. The first-order valence-corrected chi connectivity index (χ1v) is 14.1. The highest BCUT2D eigenvalue weighted by molar-refractivity contribution is 6.33. The van der Waals surface area contributed by atoms with Crippen LogP contribution < -0.4 is 0 Å². The molecule has 0 unspecified atom stereocenters. The van der Waals surface area contributed by atoms with Gasteiger partial charge in [-0.3, -0.25) is 0 Å². The third-order valence-corrected chi connectivity index (χ3v) is 9.67. The Morgan fingerprint density at radius 3 is 1.28 bits per heavy atom. The van der Waals surface area contributed by atoms with E-state index in [1.807, 2.05) is 0 Å². The van der Waals surface area contributed by atoms with Crippen molar-refractivity contribution < 1.29 is 0 Å². The number of rotatable bonds is 3. The molecule has 3 aliphatic carbocycles. The lowest BCUT2D eigenvalue weighted by atomic mass is 9.90. The fourth-order valence-electron chi connectivity index (χ4n) is 7.96. The van der Waals surface area contributed by atoms with Crippen LogP contribution in [0.1, 0.15) is 33.4 Å². The Kier molecular flexibility index (Phi) is 3.66. The minimum absolute atomic E-state index is 1.04. The molecule has 0 fully saturated rings. The molecule has 0 saturated carbocycles. The normalized spacial score (nSPS) is 13.8. The first-order valence-electron chi connectivity index (χ1n) is 14.1. The van der Waals surface area contributed by atoms with Crippen LogP contribution in [0.15, 0.2) is 109 Å². The van der Waals surface area contributed by atoms with Crippen LogP contribution in [-0.2, 0) is 19.3 Å². The third-order valence-electron chi connectivity index (χ3n) is 9.67. The van der Waals surface area contributed by atoms with E-state index >= 15 is 0 Å². The topological polar surface area (TPSA) is 0 Å². The van der Waals surface area contributed by atoms with E-state index in [0.717, 1.165) is 19.3 Å². The third kappa shape index (κ3) is 2.55. The minimum Gasteiger partial charge on any atom is -0.0622 e. The fourth-order valence-corrected chi connectivity index (χ4v) is 7.96. The van der Waals surface area contributed by atoms with Crippen molar-refractivity contribution >= 4 is 32.3 Å². The van der Waals surface area contributed by atoms with Gasteiger partial charge in [0.1, 0.15) is 0 Å². The molecular formula is C39H24. The molecule has 0 atom stereocenters. The number of hydrogen-bond donors (Lipinski definition) is 0. The molecule has 0 aromatic heterocycles. The van der Waals surface area contributed by atoms with Crippen molar-refractivity contribution in [3.63, 3.8) is 0 Å². The Balaban J connectivity index is 1.12. The zero-order chi connectivity index (χ0) is 25.2. The van der Waals surface area contributed by atoms with Crippen molar-refractivity contribution in [2.75, 3.05) is 0 Å². The van der Waals surface area contributed by atoms with Gasteiger partial charge in [0.15, 0.2) is 0 Å². The molecule has 0 N–H and O–H groups in total. The standard InChI is InChI=1S/C39H24/c1-2-4-22(5-3-1)23-6-8-24(9-7-23)25-10-12-26(13-11-25)32-21-31-19-29-15-14-27-18-28-16-17-30-20-33(32)39-37(30)35(28)34(27)36(29)38(31)39/h1-17,21H,18-20H2. The van der Waals surface area contributed by atoms with Crippen molar-refractivity contribution in [1.29, 1.82) is 0 Å². The maximum absolute atomic E-state index is 2.52. The molecule has 0 bridgehead atoms. The quantitative estimate of drug-likeness (QED) is 0.215. The summed E-state index contributed by atoms with van der Waals surface area (Å²) in [4.78, 5) is 0. The van der Waals surface area contributed by atoms with Gasteiger partial charge in [0, 0.05) is 0 Å². The summed E-state index contributed by atoms with van der Waals surface area (Å²) >= 11 is 0. The maximum atomic E-state index is 2.52. The second kappa shape index (κ2) is 7.04. The molecule has 39 heavy (non-hydrogen) atoms. The lowest BCUT2D eigenvalue weighted by Gasteiger charge is -2.13. The molecule has 0 amide bonds. The largest absolute Gasteiger partial charge is 0.0622 e. The van der Waals surface area contributed by atoms with Crippen molar-refractivity contribution in [2.24, 2.45) is 0 Å². The van der Waals surface area contributed by atoms with Gasteiger partial charge in [-0.2, -0.15) is 0 Å². The van der Waals surface area contributed by atoms with Crippen LogP contribution in [0.5, 0.6) is 0 Å². The first kappa shape index (κ1) is 20.3. The average Bonchev–Trinajstić information content (AvgIpc) is 3.68. The molecule has 0 heteroatoms. The van der Waals surface area contributed by atoms with Gasteiger partial charge >= 0.3 is 0 Å². The van der Waals surface area contributed by atoms with Crippen LogP contribution in [0, 0.1) is 0 Å². The number of benzene rings is 7. The van der Waals surface area contributed by atoms with Crippen LogP contribution >= 0.6 is 0 Å². The summed E-state index contributed by atoms with van der Waals surface area (Å²) in [5.74, 6) is 0. The molecule has 180 valence electrons. The van der Waals surface area contributed by atoms with Gasteiger partial charge in [-0.1, -0.05) is 103 Å². The summed E-state index contributed by atoms with van der Waals surface area (Å²) in [6.07, 6.45) is 3.19. The Bertz CT molecular complexity index is 2160. The minimum atomic E-state index is 1.04. The summed E-state index contributed by atoms with van der Waals surface area (Å²) in [5, 5.41) is 9.35. The van der Waals surface area contributed by atoms with Gasteiger partial charge in [-0.05, 0) is 124 Å². The van der Waals surface area contributed by atoms with E-state index in [2.05, 4.69) is 109 Å². The van der Waals surface area contributed by atoms with E-state index in [0.29, 0.717) is 0 Å². The molecule has 0 saturated heterocycles. The highest BCUT2D eigenvalue weighted by atomic mass is 14.4. The smallest absolute Gasteiger partial charge is 0.000682 e. The second-order valence-electron chi connectivity index (χ2n) is 11.6. The van der Waals surface area contributed by atoms with Crippen LogP contribution in [0.4, 0.5) is 0 Å². The molecule has 7 aromatic rings. The number of hydrogen-bond acceptors (Lipinski definition) is 0. The van der Waals surface area contributed by atoms with Crippen molar-refractivity contribution in [1.82, 2.24) is 0 Å². The monoisotopic (exact) mass is 492 g/mol. The van der Waals surface area contributed by atoms with E-state index in [9.17, 15) is 0 Å². The van der Waals surface area contributed by atoms with Crippen LogP contribution in [-0.4, -0.2) is 0 Å². The van der Waals surface area contributed by atoms with E-state index in [1.165, 1.54) is 66.8 Å². The molecular weight excluding hydrogens is 468 g/mol. The Labute approximate surface area is 227 Å². The van der Waals surface area contributed by atoms with Gasteiger partial charge in [-0.15, -0.1) is 0 Å². The Hall–Kier alpha value is -4.68. The fraction of sp³-hybridized carbons (Fsp3) is 0.0769. The van der Waals surface area contributed by atoms with Gasteiger partial charge in [0.2, 0.25) is 0 Å². The van der Waals surface area contributed by atoms with Crippen LogP contribution in [0.3, 0.4) is 0 Å². The van der Waals surface area contributed by atoms with E-state index in [-0.39, 0.29) is 0 Å². The SMILES string of the molecule is c1ccc(-c2ccc(-c3ccc(-c4cc5c6c7c(ccc8c7c7c(ccc9c7c6c4C9)C8)C5)cc3)cc2)cc1. The Morgan fingerprint density at radius 2 is 0.718 bits per heavy atom. The van der Waals surface area contributed by atoms with Gasteiger partial charge in [0.25, 0.3) is 0 Å². The predicted octanol–water partition coefficient (Wildman–Crippen LogP) is 9.86. The maximum Gasteiger partial charge on any atom is -0.000682 e. The van der Waals surface area contributed by atoms with Crippen LogP contribution in [0.25, 0.3) is 65.7 Å². The van der Waals surface area contributed by atoms with Gasteiger partial charge < -0.3 is 0 Å². The average molecular weight is 493 g/mol. The lowest BCUT2D eigenvalue weighted by molar-refractivity contribution is 1.24. The van der Waals surface area contributed by atoms with E-state index in [4.69, 9.17) is 0 Å². The van der Waals surface area contributed by atoms with Crippen molar-refractivity contribution in [2.45, 2.75) is 19.3 Å². The molecule has 3 aliphatic rings. The molecule has 0 nitrogen and oxygen atoms in total. The van der Waals surface area contributed by atoms with E-state index < -0.39 is 0 Å². The van der Waals surface area contributed by atoms with Crippen molar-refractivity contribution in [3.05, 3.63) is 143 Å². The summed E-state index contributed by atoms with van der Waals surface area (Å²) in [6.45, 7) is 0. The zero-order valence-corrected chi connectivity index (χ0v) is 21.5. The summed E-state index contributed by atoms with van der Waals surface area (Å²) < 4.78 is 0. The lowest BCUT2D eigenvalue weighted by Crippen LogP contribution is -1.91. The van der Waals surface area contributed by atoms with Crippen molar-refractivity contribution in [3.8, 4) is 33.4 Å². The zero-order valence-electron chi connectivity index (χ0n) is 21.5. The summed E-state index contributed by atoms with van der Waals surface area (Å²) in [6, 6.07) is 41.0. The van der Waals surface area contributed by atoms with Gasteiger partial charge in [0.05, 0.1) is 0 Å². The van der Waals surface area contributed by atoms with E-state index in [1.54, 1.807) is 32.3 Å². The highest BCUT2D eigenvalue weighted by Gasteiger charge is 2.32. The molecule has 0 aliphatic heterocycles. The molecule has 0 spiro atoms.